The summed E-state index contributed by atoms with van der Waals surface area (Å²) in [4.78, 5) is 13.3. The van der Waals surface area contributed by atoms with E-state index < -0.39 is 33.3 Å². The Bertz CT molecular complexity index is 1400. The number of fused-ring (bicyclic) bond motifs is 1. The molecule has 1 aliphatic rings. The Hall–Kier alpha value is -3.31. The highest BCUT2D eigenvalue weighted by atomic mass is 32.2. The molecule has 4 rings (SSSR count). The van der Waals surface area contributed by atoms with Gasteiger partial charge in [0.2, 0.25) is 0 Å². The normalized spacial score (nSPS) is 20.1. The van der Waals surface area contributed by atoms with Crippen LogP contribution in [0.5, 0.6) is 5.75 Å². The van der Waals surface area contributed by atoms with Crippen molar-refractivity contribution in [1.29, 1.82) is 4.78 Å². The second kappa shape index (κ2) is 10.6. The van der Waals surface area contributed by atoms with Gasteiger partial charge in [-0.25, -0.2) is 26.9 Å². The van der Waals surface area contributed by atoms with Crippen molar-refractivity contribution < 1.29 is 26.9 Å². The third-order valence-corrected chi connectivity index (χ3v) is 8.38. The summed E-state index contributed by atoms with van der Waals surface area (Å²) in [6, 6.07) is 8.95. The number of ether oxygens (including phenoxy) is 1. The number of amides is 1. The number of carbonyl (C=O) groups excluding carboxylic acids is 1. The maximum atomic E-state index is 13.6. The van der Waals surface area contributed by atoms with Crippen LogP contribution in [-0.2, 0) is 29.8 Å². The molecule has 0 aliphatic carbocycles. The third kappa shape index (κ3) is 5.67. The summed E-state index contributed by atoms with van der Waals surface area (Å²) in [5.74, 6) is -4.30. The van der Waals surface area contributed by atoms with Gasteiger partial charge in [-0.2, -0.15) is 0 Å². The van der Waals surface area contributed by atoms with Crippen LogP contribution in [0.4, 0.5) is 18.9 Å². The number of rotatable bonds is 7. The summed E-state index contributed by atoms with van der Waals surface area (Å²) >= 11 is 0. The number of methoxy groups -OCH3 is 1. The highest BCUT2D eigenvalue weighted by Crippen LogP contribution is 2.31. The Morgan fingerprint density at radius 2 is 1.89 bits per heavy atom. The van der Waals surface area contributed by atoms with Crippen LogP contribution in [0.25, 0.3) is 0 Å². The van der Waals surface area contributed by atoms with Crippen molar-refractivity contribution in [3.8, 4) is 5.75 Å². The van der Waals surface area contributed by atoms with Gasteiger partial charge < -0.3 is 14.6 Å². The molecular formula is C26H29F3N4O3S. The van der Waals surface area contributed by atoms with Crippen molar-refractivity contribution in [3.63, 3.8) is 0 Å². The first-order valence-corrected chi connectivity index (χ1v) is 13.4. The van der Waals surface area contributed by atoms with Gasteiger partial charge in [-0.05, 0) is 49.3 Å². The zero-order valence-corrected chi connectivity index (χ0v) is 21.6. The molecule has 0 bridgehead atoms. The van der Waals surface area contributed by atoms with Gasteiger partial charge in [0, 0.05) is 42.7 Å². The summed E-state index contributed by atoms with van der Waals surface area (Å²) in [5.41, 5.74) is 1.47. The van der Waals surface area contributed by atoms with Crippen molar-refractivity contribution in [2.75, 3.05) is 12.4 Å². The summed E-state index contributed by atoms with van der Waals surface area (Å²) < 4.78 is 72.2. The van der Waals surface area contributed by atoms with Crippen LogP contribution in [0, 0.1) is 28.1 Å². The van der Waals surface area contributed by atoms with Gasteiger partial charge in [0.05, 0.1) is 12.0 Å². The van der Waals surface area contributed by atoms with E-state index in [-0.39, 0.29) is 28.2 Å². The molecule has 7 nitrogen and oxygen atoms in total. The average molecular weight is 535 g/mol. The quantitative estimate of drug-likeness (QED) is 0.364. The van der Waals surface area contributed by atoms with E-state index in [2.05, 4.69) is 10.0 Å². The largest absolute Gasteiger partial charge is 0.497 e. The molecule has 1 amide bonds. The van der Waals surface area contributed by atoms with Crippen LogP contribution in [0.2, 0.25) is 0 Å². The number of benzene rings is 2. The number of nitrogens with one attached hydrogen (secondary N) is 3. The number of aryl methyl sites for hydroxylation is 2. The maximum absolute atomic E-state index is 13.6. The number of nitrogens with zero attached hydrogens (tertiary/aromatic N) is 1. The average Bonchev–Trinajstić information content (AvgIpc) is 3.14. The summed E-state index contributed by atoms with van der Waals surface area (Å²) in [6.45, 7) is 2.04. The number of anilines is 1. The molecule has 1 aromatic heterocycles. The first kappa shape index (κ1) is 26.7. The van der Waals surface area contributed by atoms with Crippen molar-refractivity contribution in [2.45, 2.75) is 43.5 Å². The lowest BCUT2D eigenvalue weighted by Gasteiger charge is -2.24. The van der Waals surface area contributed by atoms with Gasteiger partial charge in [0.25, 0.3) is 5.91 Å². The second-order valence-electron chi connectivity index (χ2n) is 9.32. The smallest absolute Gasteiger partial charge is 0.272 e. The van der Waals surface area contributed by atoms with Crippen LogP contribution < -0.4 is 14.8 Å². The van der Waals surface area contributed by atoms with E-state index in [1.807, 2.05) is 31.2 Å². The Balaban J connectivity index is 1.51. The van der Waals surface area contributed by atoms with E-state index in [1.54, 1.807) is 14.2 Å². The van der Waals surface area contributed by atoms with Crippen LogP contribution >= 0.6 is 0 Å². The molecule has 37 heavy (non-hydrogen) atoms. The van der Waals surface area contributed by atoms with E-state index >= 15 is 0 Å². The molecule has 2 heterocycles. The number of carbonyl (C=O) groups is 1. The van der Waals surface area contributed by atoms with Crippen molar-refractivity contribution in [2.24, 2.45) is 13.0 Å². The van der Waals surface area contributed by atoms with Crippen molar-refractivity contribution in [1.82, 2.24) is 9.29 Å². The molecule has 198 valence electrons. The predicted molar refractivity (Wildman–Crippen MR) is 135 cm³/mol. The second-order valence-corrected chi connectivity index (χ2v) is 11.1. The van der Waals surface area contributed by atoms with E-state index in [4.69, 9.17) is 9.52 Å². The van der Waals surface area contributed by atoms with Crippen LogP contribution in [-0.4, -0.2) is 27.8 Å². The number of halogens is 3. The summed E-state index contributed by atoms with van der Waals surface area (Å²) in [6.07, 6.45) is 3.99. The molecule has 11 heteroatoms. The standard InChI is InChI=1S/C26H29F3N4O3S/c1-15(4-5-16-6-8-18(36-3)9-7-16)22-11-10-19-23(37(30,35)32-22)14-33(2)25(19)26(34)31-17-12-20(27)24(29)21(28)13-17/h6-9,12-15,22H,4-5,10-11H2,1-3H3,(H,31,34)(H2,30,32,35)/t15-,22?,37?/m0/s1. The van der Waals surface area contributed by atoms with Gasteiger partial charge in [-0.1, -0.05) is 19.1 Å². The Labute approximate surface area is 214 Å². The minimum absolute atomic E-state index is 0.0912. The Kier molecular flexibility index (Phi) is 7.65. The SMILES string of the molecule is COc1ccc(CC[C@H](C)C2CCc3c(cn(C)c3C(=O)Nc3cc(F)c(F)c(F)c3)S(=N)(=O)N2)cc1. The molecule has 1 aliphatic heterocycles. The molecule has 3 aromatic rings. The molecule has 3 N–H and O–H groups in total. The van der Waals surface area contributed by atoms with Gasteiger partial charge >= 0.3 is 0 Å². The van der Waals surface area contributed by atoms with Gasteiger partial charge in [0.15, 0.2) is 17.5 Å². The maximum Gasteiger partial charge on any atom is 0.272 e. The monoisotopic (exact) mass is 534 g/mol. The first-order valence-electron chi connectivity index (χ1n) is 11.8. The minimum atomic E-state index is -3.43. The molecule has 0 radical (unpaired) electrons. The zero-order valence-electron chi connectivity index (χ0n) is 20.7. The number of hydrogen-bond donors (Lipinski definition) is 3. The Morgan fingerprint density at radius 1 is 1.24 bits per heavy atom. The number of hydrogen-bond acceptors (Lipinski definition) is 4. The molecule has 2 aromatic carbocycles. The summed E-state index contributed by atoms with van der Waals surface area (Å²) in [5, 5.41) is 2.38. The van der Waals surface area contributed by atoms with Crippen LogP contribution in [0.15, 0.2) is 47.5 Å². The van der Waals surface area contributed by atoms with Crippen LogP contribution in [0.3, 0.4) is 0 Å². The Morgan fingerprint density at radius 3 is 2.51 bits per heavy atom. The first-order chi connectivity index (χ1) is 17.5. The van der Waals surface area contributed by atoms with Gasteiger partial charge in [0.1, 0.15) is 21.4 Å². The lowest BCUT2D eigenvalue weighted by Crippen LogP contribution is -2.37. The third-order valence-electron chi connectivity index (χ3n) is 6.77. The highest BCUT2D eigenvalue weighted by molar-refractivity contribution is 7.90. The van der Waals surface area contributed by atoms with Crippen molar-refractivity contribution >= 4 is 21.5 Å². The van der Waals surface area contributed by atoms with Crippen LogP contribution in [0.1, 0.15) is 41.4 Å². The molecule has 0 fully saturated rings. The minimum Gasteiger partial charge on any atom is -0.497 e. The zero-order chi connectivity index (χ0) is 26.9. The molecule has 0 saturated heterocycles. The fourth-order valence-electron chi connectivity index (χ4n) is 4.68. The fraction of sp³-hybridized carbons (Fsp3) is 0.346. The van der Waals surface area contributed by atoms with E-state index in [1.165, 1.54) is 10.8 Å². The topological polar surface area (TPSA) is 96.2 Å². The van der Waals surface area contributed by atoms with E-state index in [0.29, 0.717) is 30.5 Å². The molecule has 0 saturated carbocycles. The summed E-state index contributed by atoms with van der Waals surface area (Å²) in [7, 11) is -0.246. The van der Waals surface area contributed by atoms with Crippen molar-refractivity contribution in [3.05, 3.63) is 76.9 Å². The molecule has 2 unspecified atom stereocenters. The van der Waals surface area contributed by atoms with E-state index in [0.717, 1.165) is 24.2 Å². The van der Waals surface area contributed by atoms with E-state index in [9.17, 15) is 22.2 Å². The molecule has 3 atom stereocenters. The lowest BCUT2D eigenvalue weighted by atomic mass is 9.91. The fourth-order valence-corrected chi connectivity index (χ4v) is 6.43. The van der Waals surface area contributed by atoms with Gasteiger partial charge in [-0.3, -0.25) is 4.79 Å². The molecular weight excluding hydrogens is 505 g/mol. The molecule has 0 spiro atoms. The predicted octanol–water partition coefficient (Wildman–Crippen LogP) is 5.20. The lowest BCUT2D eigenvalue weighted by molar-refractivity contribution is 0.101. The highest BCUT2D eigenvalue weighted by Gasteiger charge is 2.32. The number of aromatic nitrogens is 1. The van der Waals surface area contributed by atoms with Gasteiger partial charge in [-0.15, -0.1) is 0 Å².